The number of imide groups is 1. The van der Waals surface area contributed by atoms with Gasteiger partial charge in [-0.05, 0) is 12.1 Å². The monoisotopic (exact) mass is 439 g/mol. The number of H-pyrrole nitrogens is 1. The molecule has 1 unspecified atom stereocenters. The summed E-state index contributed by atoms with van der Waals surface area (Å²) >= 11 is 0. The molecule has 3 heterocycles. The maximum Gasteiger partial charge on any atom is 0.259 e. The number of carbonyl (C=O) groups is 2. The molecular weight excluding hydrogens is 412 g/mol. The fraction of sp³-hybridized carbons (Fsp3) is 0.259. The van der Waals surface area contributed by atoms with E-state index in [4.69, 9.17) is 0 Å². The average Bonchev–Trinajstić information content (AvgIpc) is 3.40. The molecule has 1 atom stereocenters. The molecule has 0 aliphatic carbocycles. The average molecular weight is 440 g/mol. The van der Waals surface area contributed by atoms with Crippen molar-refractivity contribution in [3.05, 3.63) is 59.7 Å². The van der Waals surface area contributed by atoms with Crippen molar-refractivity contribution in [2.75, 3.05) is 20.1 Å². The Kier molecular flexibility index (Phi) is 4.28. The first-order valence-corrected chi connectivity index (χ1v) is 11.6. The van der Waals surface area contributed by atoms with E-state index in [1.807, 2.05) is 30.3 Å². The molecule has 2 aliphatic rings. The van der Waals surface area contributed by atoms with E-state index in [0.29, 0.717) is 21.7 Å². The summed E-state index contributed by atoms with van der Waals surface area (Å²) in [5, 5.41) is 7.91. The zero-order valence-corrected chi connectivity index (χ0v) is 19.1. The maximum atomic E-state index is 13.1. The largest absolute Gasteiger partial charge is 0.350 e. The van der Waals surface area contributed by atoms with E-state index in [9.17, 15) is 9.59 Å². The van der Waals surface area contributed by atoms with Crippen LogP contribution in [0.4, 0.5) is 11.4 Å². The fourth-order valence-electron chi connectivity index (χ4n) is 5.76. The van der Waals surface area contributed by atoms with E-state index in [1.165, 1.54) is 0 Å². The van der Waals surface area contributed by atoms with Crippen LogP contribution in [0.5, 0.6) is 0 Å². The van der Waals surface area contributed by atoms with Gasteiger partial charge in [-0.15, -0.1) is 0 Å². The number of para-hydroxylation sites is 2. The van der Waals surface area contributed by atoms with E-state index in [0.717, 1.165) is 63.8 Å². The van der Waals surface area contributed by atoms with Crippen molar-refractivity contribution in [1.82, 2.24) is 20.1 Å². The number of quaternary nitrogens is 1. The Morgan fingerprint density at radius 2 is 1.67 bits per heavy atom. The summed E-state index contributed by atoms with van der Waals surface area (Å²) < 4.78 is 0.587. The molecule has 0 bridgehead atoms. The van der Waals surface area contributed by atoms with Gasteiger partial charge in [-0.3, -0.25) is 19.4 Å². The smallest absolute Gasteiger partial charge is 0.259 e. The van der Waals surface area contributed by atoms with Crippen molar-refractivity contribution in [1.29, 1.82) is 0 Å². The molecule has 2 aliphatic heterocycles. The summed E-state index contributed by atoms with van der Waals surface area (Å²) in [4.78, 5) is 29.8. The predicted octanol–water partition coefficient (Wildman–Crippen LogP) is 4.84. The molecule has 3 aromatic carbocycles. The second-order valence-corrected chi connectivity index (χ2v) is 9.57. The number of fused-ring (bicyclic) bond motifs is 10. The maximum absolute atomic E-state index is 13.1. The van der Waals surface area contributed by atoms with Gasteiger partial charge in [0.2, 0.25) is 0 Å². The molecule has 6 rings (SSSR count). The van der Waals surface area contributed by atoms with Crippen LogP contribution in [0.3, 0.4) is 0 Å². The summed E-state index contributed by atoms with van der Waals surface area (Å²) in [6, 6.07) is 16.8. The van der Waals surface area contributed by atoms with Gasteiger partial charge in [0.05, 0.1) is 35.8 Å². The third kappa shape index (κ3) is 2.68. The van der Waals surface area contributed by atoms with Gasteiger partial charge in [-0.25, -0.2) is 0 Å². The first-order valence-electron chi connectivity index (χ1n) is 11.6. The first-order chi connectivity index (χ1) is 15.9. The summed E-state index contributed by atoms with van der Waals surface area (Å²) in [5.74, 6) is -0.615. The van der Waals surface area contributed by atoms with E-state index < -0.39 is 0 Å². The highest BCUT2D eigenvalue weighted by molar-refractivity contribution is 6.35. The molecule has 0 fully saturated rings. The van der Waals surface area contributed by atoms with E-state index in [2.05, 4.69) is 54.7 Å². The molecule has 3 N–H and O–H groups in total. The molecule has 166 valence electrons. The Balaban J connectivity index is 1.70. The van der Waals surface area contributed by atoms with Crippen LogP contribution in [0.1, 0.15) is 41.0 Å². The molecule has 6 heteroatoms. The van der Waals surface area contributed by atoms with Crippen molar-refractivity contribution in [2.24, 2.45) is 0 Å². The van der Waals surface area contributed by atoms with Gasteiger partial charge >= 0.3 is 0 Å². The van der Waals surface area contributed by atoms with Crippen LogP contribution in [-0.4, -0.2) is 43.0 Å². The lowest BCUT2D eigenvalue weighted by molar-refractivity contribution is 0.0880. The van der Waals surface area contributed by atoms with Crippen LogP contribution in [0, 0.1) is 0 Å². The normalized spacial score (nSPS) is 18.8. The summed E-state index contributed by atoms with van der Waals surface area (Å²) in [7, 11) is 2.23. The van der Waals surface area contributed by atoms with Crippen LogP contribution in [0.2, 0.25) is 0 Å². The lowest BCUT2D eigenvalue weighted by Gasteiger charge is -2.31. The van der Waals surface area contributed by atoms with Crippen LogP contribution < -0.4 is 15.1 Å². The van der Waals surface area contributed by atoms with Crippen molar-refractivity contribution in [3.63, 3.8) is 0 Å². The minimum Gasteiger partial charge on any atom is -0.350 e. The number of aromatic amines is 1. The van der Waals surface area contributed by atoms with Gasteiger partial charge < -0.3 is 10.3 Å². The molecule has 2 amide bonds. The third-order valence-corrected chi connectivity index (χ3v) is 7.14. The topological polar surface area (TPSA) is 74.0 Å². The predicted molar refractivity (Wildman–Crippen MR) is 133 cm³/mol. The van der Waals surface area contributed by atoms with E-state index in [1.54, 1.807) is 0 Å². The third-order valence-electron chi connectivity index (χ3n) is 7.14. The fourth-order valence-corrected chi connectivity index (χ4v) is 5.76. The van der Waals surface area contributed by atoms with Crippen molar-refractivity contribution in [3.8, 4) is 11.1 Å². The van der Waals surface area contributed by atoms with E-state index in [-0.39, 0.29) is 11.8 Å². The number of rotatable bonds is 5. The zero-order valence-electron chi connectivity index (χ0n) is 19.1. The summed E-state index contributed by atoms with van der Waals surface area (Å²) in [6.07, 6.45) is 0.979. The quantitative estimate of drug-likeness (QED) is 0.237. The number of nitrogens with one attached hydrogen (secondary N) is 3. The number of amides is 2. The lowest BCUT2D eigenvalue weighted by atomic mass is 9.92. The molecule has 0 saturated carbocycles. The van der Waals surface area contributed by atoms with Crippen LogP contribution >= 0.6 is 0 Å². The Hall–Kier alpha value is -3.48. The van der Waals surface area contributed by atoms with Gasteiger partial charge in [-0.1, -0.05) is 44.2 Å². The van der Waals surface area contributed by atoms with Gasteiger partial charge in [0.15, 0.2) is 5.69 Å². The highest BCUT2D eigenvalue weighted by Crippen LogP contribution is 2.58. The van der Waals surface area contributed by atoms with Crippen molar-refractivity contribution in [2.45, 2.75) is 26.3 Å². The number of hydrogen-bond acceptors (Lipinski definition) is 3. The highest BCUT2D eigenvalue weighted by Gasteiger charge is 2.48. The van der Waals surface area contributed by atoms with Crippen molar-refractivity contribution >= 4 is 45.0 Å². The Labute approximate surface area is 192 Å². The molecule has 0 spiro atoms. The van der Waals surface area contributed by atoms with E-state index >= 15 is 0 Å². The minimum atomic E-state index is -0.313. The molecule has 1 aromatic heterocycles. The number of nitrogens with zero attached hydrogens (tertiary/aromatic N) is 1. The minimum absolute atomic E-state index is 0.303. The lowest BCUT2D eigenvalue weighted by Crippen LogP contribution is -2.40. The molecule has 33 heavy (non-hydrogen) atoms. The number of benzene rings is 3. The molecular formula is C27H27N4O2+. The van der Waals surface area contributed by atoms with Gasteiger partial charge in [0.25, 0.3) is 11.8 Å². The Bertz CT molecular complexity index is 1480. The standard InChI is InChI=1S/C27H26N4O2/c1-15(2)28-13-8-14-31(3)19-12-7-5-10-17(19)21-23-22(26(32)30-27(23)33)20-16-9-4-6-11-18(16)29-24(20)25(21)31/h4-7,9-12,15,28H,8,13-14H2,1-3H3,(H-,29,30,32,33)/p+1. The summed E-state index contributed by atoms with van der Waals surface area (Å²) in [6.45, 7) is 6.11. The SMILES string of the molecule is CC(C)NCCC[N+]1(C)c2ccccc2-c2c3c(c4c([nH]c5ccccc54)c21)C(=O)NC3=O. The number of carbonyl (C=O) groups excluding carboxylic acids is 2. The molecule has 0 saturated heterocycles. The molecule has 6 nitrogen and oxygen atoms in total. The molecule has 0 radical (unpaired) electrons. The van der Waals surface area contributed by atoms with Gasteiger partial charge in [0, 0.05) is 41.4 Å². The Morgan fingerprint density at radius 3 is 2.48 bits per heavy atom. The van der Waals surface area contributed by atoms with Gasteiger partial charge in [0.1, 0.15) is 11.2 Å². The second-order valence-electron chi connectivity index (χ2n) is 9.57. The van der Waals surface area contributed by atoms with Crippen LogP contribution in [0.15, 0.2) is 48.5 Å². The number of hydrogen-bond donors (Lipinski definition) is 3. The second kappa shape index (κ2) is 7.01. The van der Waals surface area contributed by atoms with Gasteiger partial charge in [-0.2, -0.15) is 0 Å². The number of aromatic nitrogens is 1. The molecule has 4 aromatic rings. The van der Waals surface area contributed by atoms with Crippen LogP contribution in [0.25, 0.3) is 32.9 Å². The zero-order chi connectivity index (χ0) is 22.9. The first kappa shape index (κ1) is 20.1. The van der Waals surface area contributed by atoms with Crippen LogP contribution in [-0.2, 0) is 0 Å². The van der Waals surface area contributed by atoms with Crippen molar-refractivity contribution < 1.29 is 9.59 Å². The Morgan fingerprint density at radius 1 is 0.939 bits per heavy atom. The highest BCUT2D eigenvalue weighted by atomic mass is 16.2. The summed E-state index contributed by atoms with van der Waals surface area (Å²) in [5.41, 5.74) is 7.10.